The summed E-state index contributed by atoms with van der Waals surface area (Å²) >= 11 is 9.42. The summed E-state index contributed by atoms with van der Waals surface area (Å²) < 4.78 is 3.12. The average molecular weight is 329 g/mol. The topological polar surface area (TPSA) is 30.7 Å². The van der Waals surface area contributed by atoms with Gasteiger partial charge in [-0.3, -0.25) is 0 Å². The van der Waals surface area contributed by atoms with Crippen molar-refractivity contribution in [2.45, 2.75) is 32.7 Å². The van der Waals surface area contributed by atoms with Crippen molar-refractivity contribution in [1.82, 2.24) is 14.8 Å². The van der Waals surface area contributed by atoms with E-state index in [9.17, 15) is 0 Å². The van der Waals surface area contributed by atoms with Gasteiger partial charge in [0.2, 0.25) is 0 Å². The molecule has 1 aromatic heterocycles. The normalized spacial score (nSPS) is 11.2. The third kappa shape index (κ3) is 2.59. The maximum atomic E-state index is 5.91. The highest BCUT2D eigenvalue weighted by Crippen LogP contribution is 2.26. The molecule has 0 unspecified atom stereocenters. The van der Waals surface area contributed by atoms with Crippen LogP contribution in [-0.2, 0) is 5.88 Å². The number of halogens is 2. The number of aromatic nitrogens is 3. The van der Waals surface area contributed by atoms with Gasteiger partial charge in [0, 0.05) is 16.1 Å². The summed E-state index contributed by atoms with van der Waals surface area (Å²) in [5, 5.41) is 8.43. The number of benzene rings is 1. The van der Waals surface area contributed by atoms with Crippen LogP contribution in [0.3, 0.4) is 0 Å². The van der Waals surface area contributed by atoms with Gasteiger partial charge in [-0.25, -0.2) is 0 Å². The molecule has 5 heteroatoms. The van der Waals surface area contributed by atoms with Crippen LogP contribution < -0.4 is 0 Å². The van der Waals surface area contributed by atoms with Crippen LogP contribution in [-0.4, -0.2) is 14.8 Å². The highest BCUT2D eigenvalue weighted by Gasteiger charge is 2.15. The van der Waals surface area contributed by atoms with Crippen LogP contribution in [0.4, 0.5) is 0 Å². The molecule has 0 saturated carbocycles. The van der Waals surface area contributed by atoms with Crippen LogP contribution in [0.25, 0.3) is 11.4 Å². The molecule has 1 heterocycles. The molecule has 0 N–H and O–H groups in total. The van der Waals surface area contributed by atoms with Gasteiger partial charge in [0.15, 0.2) is 5.82 Å². The van der Waals surface area contributed by atoms with E-state index in [0.29, 0.717) is 5.88 Å². The highest BCUT2D eigenvalue weighted by atomic mass is 79.9. The molecule has 0 atom stereocenters. The molecule has 96 valence electrons. The van der Waals surface area contributed by atoms with E-state index in [-0.39, 0.29) is 6.04 Å². The summed E-state index contributed by atoms with van der Waals surface area (Å²) in [7, 11) is 0. The first-order chi connectivity index (χ1) is 8.52. The lowest BCUT2D eigenvalue weighted by Crippen LogP contribution is -2.07. The Morgan fingerprint density at radius 3 is 2.56 bits per heavy atom. The maximum absolute atomic E-state index is 5.91. The first-order valence-electron chi connectivity index (χ1n) is 5.80. The van der Waals surface area contributed by atoms with Gasteiger partial charge >= 0.3 is 0 Å². The second-order valence-corrected chi connectivity index (χ2v) is 5.74. The minimum Gasteiger partial charge on any atom is -0.307 e. The molecule has 0 aliphatic rings. The van der Waals surface area contributed by atoms with Crippen molar-refractivity contribution in [3.8, 4) is 11.4 Å². The molecule has 0 aliphatic heterocycles. The Kier molecular flexibility index (Phi) is 4.07. The number of rotatable bonds is 3. The summed E-state index contributed by atoms with van der Waals surface area (Å²) in [6.07, 6.45) is 0. The number of aryl methyl sites for hydroxylation is 1. The summed E-state index contributed by atoms with van der Waals surface area (Å²) in [6, 6.07) is 6.50. The van der Waals surface area contributed by atoms with Crippen LogP contribution in [0.1, 0.15) is 31.3 Å². The lowest BCUT2D eigenvalue weighted by molar-refractivity contribution is 0.585. The first kappa shape index (κ1) is 13.6. The lowest BCUT2D eigenvalue weighted by Gasteiger charge is -2.13. The first-order valence-corrected chi connectivity index (χ1v) is 7.13. The van der Waals surface area contributed by atoms with Gasteiger partial charge < -0.3 is 4.57 Å². The zero-order valence-corrected chi connectivity index (χ0v) is 13.0. The summed E-state index contributed by atoms with van der Waals surface area (Å²) in [4.78, 5) is 0. The minimum absolute atomic E-state index is 0.281. The second-order valence-electron chi connectivity index (χ2n) is 4.55. The van der Waals surface area contributed by atoms with Crippen molar-refractivity contribution >= 4 is 27.5 Å². The summed E-state index contributed by atoms with van der Waals surface area (Å²) in [5.41, 5.74) is 2.24. The average Bonchev–Trinajstić information content (AvgIpc) is 2.71. The summed E-state index contributed by atoms with van der Waals surface area (Å²) in [5.74, 6) is 2.04. The van der Waals surface area contributed by atoms with E-state index in [4.69, 9.17) is 11.6 Å². The Hall–Kier alpha value is -0.870. The van der Waals surface area contributed by atoms with Gasteiger partial charge in [-0.1, -0.05) is 15.9 Å². The second kappa shape index (κ2) is 5.41. The number of hydrogen-bond donors (Lipinski definition) is 0. The Morgan fingerprint density at radius 1 is 1.28 bits per heavy atom. The lowest BCUT2D eigenvalue weighted by atomic mass is 10.1. The predicted molar refractivity (Wildman–Crippen MR) is 77.8 cm³/mol. The standard InChI is InChI=1S/C13H15BrClN3/c1-8(2)18-12(7-15)16-17-13(18)10-4-9(3)5-11(14)6-10/h4-6,8H,7H2,1-3H3. The SMILES string of the molecule is Cc1cc(Br)cc(-c2nnc(CCl)n2C(C)C)c1. The van der Waals surface area contributed by atoms with Gasteiger partial charge in [0.05, 0.1) is 5.88 Å². The van der Waals surface area contributed by atoms with E-state index < -0.39 is 0 Å². The van der Waals surface area contributed by atoms with E-state index in [0.717, 1.165) is 21.7 Å². The molecule has 2 rings (SSSR count). The molecule has 3 nitrogen and oxygen atoms in total. The monoisotopic (exact) mass is 327 g/mol. The molecule has 0 amide bonds. The molecule has 0 radical (unpaired) electrons. The number of hydrogen-bond acceptors (Lipinski definition) is 2. The largest absolute Gasteiger partial charge is 0.307 e. The Labute approximate surface area is 120 Å². The third-order valence-corrected chi connectivity index (χ3v) is 3.40. The third-order valence-electron chi connectivity index (χ3n) is 2.70. The molecule has 0 spiro atoms. The van der Waals surface area contributed by atoms with Crippen molar-refractivity contribution in [3.63, 3.8) is 0 Å². The zero-order valence-electron chi connectivity index (χ0n) is 10.6. The Morgan fingerprint density at radius 2 is 2.00 bits per heavy atom. The molecule has 0 saturated heterocycles. The van der Waals surface area contributed by atoms with Gasteiger partial charge in [-0.2, -0.15) is 0 Å². The molecular formula is C13H15BrClN3. The zero-order chi connectivity index (χ0) is 13.3. The van der Waals surface area contributed by atoms with Crippen molar-refractivity contribution < 1.29 is 0 Å². The van der Waals surface area contributed by atoms with Crippen molar-refractivity contribution in [3.05, 3.63) is 34.1 Å². The molecule has 18 heavy (non-hydrogen) atoms. The molecular weight excluding hydrogens is 314 g/mol. The van der Waals surface area contributed by atoms with Gasteiger partial charge in [0.25, 0.3) is 0 Å². The Balaban J connectivity index is 2.60. The summed E-state index contributed by atoms with van der Waals surface area (Å²) in [6.45, 7) is 6.27. The van der Waals surface area contributed by atoms with E-state index in [1.807, 2.05) is 6.07 Å². The van der Waals surface area contributed by atoms with Crippen molar-refractivity contribution in [1.29, 1.82) is 0 Å². The van der Waals surface area contributed by atoms with Gasteiger partial charge in [-0.05, 0) is 44.5 Å². The smallest absolute Gasteiger partial charge is 0.164 e. The van der Waals surface area contributed by atoms with Crippen LogP contribution in [0, 0.1) is 6.92 Å². The van der Waals surface area contributed by atoms with Crippen LogP contribution in [0.2, 0.25) is 0 Å². The number of alkyl halides is 1. The van der Waals surface area contributed by atoms with Gasteiger partial charge in [0.1, 0.15) is 5.82 Å². The van der Waals surface area contributed by atoms with Crippen molar-refractivity contribution in [2.24, 2.45) is 0 Å². The van der Waals surface area contributed by atoms with Crippen molar-refractivity contribution in [2.75, 3.05) is 0 Å². The number of nitrogens with zero attached hydrogens (tertiary/aromatic N) is 3. The quantitative estimate of drug-likeness (QED) is 0.785. The fourth-order valence-electron chi connectivity index (χ4n) is 2.02. The van der Waals surface area contributed by atoms with Gasteiger partial charge in [-0.15, -0.1) is 21.8 Å². The highest BCUT2D eigenvalue weighted by molar-refractivity contribution is 9.10. The molecule has 1 aromatic carbocycles. The molecule has 0 fully saturated rings. The van der Waals surface area contributed by atoms with E-state index in [2.05, 4.69) is 63.6 Å². The molecule has 0 aliphatic carbocycles. The van der Waals surface area contributed by atoms with E-state index in [1.165, 1.54) is 5.56 Å². The van der Waals surface area contributed by atoms with Crippen LogP contribution in [0.5, 0.6) is 0 Å². The van der Waals surface area contributed by atoms with E-state index >= 15 is 0 Å². The Bertz CT molecular complexity index is 543. The maximum Gasteiger partial charge on any atom is 0.164 e. The van der Waals surface area contributed by atoms with Crippen LogP contribution in [0.15, 0.2) is 22.7 Å². The molecule has 0 bridgehead atoms. The van der Waals surface area contributed by atoms with E-state index in [1.54, 1.807) is 0 Å². The fourth-order valence-corrected chi connectivity index (χ4v) is 2.81. The van der Waals surface area contributed by atoms with Crippen LogP contribution >= 0.6 is 27.5 Å². The molecule has 2 aromatic rings. The minimum atomic E-state index is 0.281. The predicted octanol–water partition coefficient (Wildman–Crippen LogP) is 4.34. The fraction of sp³-hybridized carbons (Fsp3) is 0.385.